The van der Waals surface area contributed by atoms with E-state index >= 15 is 0 Å². The molecule has 1 amide bonds. The molecule has 160 valence electrons. The normalized spacial score (nSPS) is 11.0. The minimum atomic E-state index is -0.433. The van der Waals surface area contributed by atoms with Crippen LogP contribution in [-0.2, 0) is 6.54 Å². The SMILES string of the molecule is Cc1sc2nc(C(=O)NCc3cccc(OCCSc4ncn[nH]4)c3)[nH]c(=O)c2c1C. The lowest BCUT2D eigenvalue weighted by Gasteiger charge is -2.09. The summed E-state index contributed by atoms with van der Waals surface area (Å²) >= 11 is 2.93. The van der Waals surface area contributed by atoms with Crippen LogP contribution in [0.2, 0.25) is 0 Å². The van der Waals surface area contributed by atoms with Crippen molar-refractivity contribution in [3.05, 3.63) is 62.8 Å². The standard InChI is InChI=1S/C20H20N6O3S2/c1-11-12(2)31-19-15(11)17(27)24-16(25-19)18(28)21-9-13-4-3-5-14(8-13)29-6-7-30-20-22-10-23-26-20/h3-5,8,10H,6-7,9H2,1-2H3,(H,21,28)(H,22,23,26)(H,24,25,27). The lowest BCUT2D eigenvalue weighted by atomic mass is 10.2. The van der Waals surface area contributed by atoms with E-state index in [0.717, 1.165) is 26.9 Å². The van der Waals surface area contributed by atoms with Crippen LogP contribution in [0.15, 0.2) is 40.5 Å². The number of carbonyl (C=O) groups excluding carboxylic acids is 1. The van der Waals surface area contributed by atoms with E-state index in [1.165, 1.54) is 29.4 Å². The van der Waals surface area contributed by atoms with Gasteiger partial charge in [-0.05, 0) is 37.1 Å². The smallest absolute Gasteiger partial charge is 0.287 e. The van der Waals surface area contributed by atoms with Crippen LogP contribution < -0.4 is 15.6 Å². The fourth-order valence-electron chi connectivity index (χ4n) is 2.94. The number of aromatic amines is 2. The molecule has 0 unspecified atom stereocenters. The molecule has 4 rings (SSSR count). The van der Waals surface area contributed by atoms with E-state index in [9.17, 15) is 9.59 Å². The molecule has 9 nitrogen and oxygen atoms in total. The zero-order valence-corrected chi connectivity index (χ0v) is 18.5. The molecule has 0 bridgehead atoms. The van der Waals surface area contributed by atoms with Gasteiger partial charge >= 0.3 is 0 Å². The van der Waals surface area contributed by atoms with Gasteiger partial charge in [-0.15, -0.1) is 11.3 Å². The Morgan fingerprint density at radius 2 is 2.19 bits per heavy atom. The zero-order chi connectivity index (χ0) is 21.8. The maximum absolute atomic E-state index is 12.5. The number of fused-ring (bicyclic) bond motifs is 1. The van der Waals surface area contributed by atoms with Gasteiger partial charge in [0.05, 0.1) is 12.0 Å². The first-order valence-electron chi connectivity index (χ1n) is 9.49. The van der Waals surface area contributed by atoms with Crippen LogP contribution in [0.4, 0.5) is 0 Å². The van der Waals surface area contributed by atoms with Crippen molar-refractivity contribution >= 4 is 39.2 Å². The van der Waals surface area contributed by atoms with Crippen molar-refractivity contribution in [3.8, 4) is 5.75 Å². The maximum atomic E-state index is 12.5. The van der Waals surface area contributed by atoms with Crippen LogP contribution in [0.1, 0.15) is 26.6 Å². The summed E-state index contributed by atoms with van der Waals surface area (Å²) in [7, 11) is 0. The number of carbonyl (C=O) groups is 1. The zero-order valence-electron chi connectivity index (χ0n) is 16.9. The number of amides is 1. The second-order valence-electron chi connectivity index (χ2n) is 6.70. The predicted octanol–water partition coefficient (Wildman–Crippen LogP) is 2.82. The van der Waals surface area contributed by atoms with E-state index < -0.39 is 5.91 Å². The first-order chi connectivity index (χ1) is 15.0. The number of hydrogen-bond donors (Lipinski definition) is 3. The molecule has 0 radical (unpaired) electrons. The molecule has 0 saturated carbocycles. The number of nitrogens with zero attached hydrogens (tertiary/aromatic N) is 3. The third kappa shape index (κ3) is 4.94. The van der Waals surface area contributed by atoms with Gasteiger partial charge in [-0.25, -0.2) is 9.97 Å². The summed E-state index contributed by atoms with van der Waals surface area (Å²) in [6, 6.07) is 7.48. The van der Waals surface area contributed by atoms with Crippen LogP contribution in [-0.4, -0.2) is 43.4 Å². The Labute approximate surface area is 185 Å². The molecule has 3 N–H and O–H groups in total. The molecule has 11 heteroatoms. The molecule has 0 aliphatic carbocycles. The lowest BCUT2D eigenvalue weighted by molar-refractivity contribution is 0.0940. The van der Waals surface area contributed by atoms with Crippen molar-refractivity contribution in [2.45, 2.75) is 25.5 Å². The van der Waals surface area contributed by atoms with Crippen LogP contribution in [0.25, 0.3) is 10.2 Å². The molecule has 3 heterocycles. The van der Waals surface area contributed by atoms with Gasteiger partial charge in [0.2, 0.25) is 5.82 Å². The summed E-state index contributed by atoms with van der Waals surface area (Å²) in [5.41, 5.74) is 1.48. The first-order valence-corrected chi connectivity index (χ1v) is 11.3. The van der Waals surface area contributed by atoms with Crippen LogP contribution in [0.5, 0.6) is 5.75 Å². The second-order valence-corrected chi connectivity index (χ2v) is 8.98. The quantitative estimate of drug-likeness (QED) is 0.275. The van der Waals surface area contributed by atoms with Gasteiger partial charge in [0.15, 0.2) is 5.16 Å². The van der Waals surface area contributed by atoms with Crippen molar-refractivity contribution in [2.75, 3.05) is 12.4 Å². The van der Waals surface area contributed by atoms with E-state index in [4.69, 9.17) is 4.74 Å². The van der Waals surface area contributed by atoms with Crippen molar-refractivity contribution in [1.82, 2.24) is 30.5 Å². The van der Waals surface area contributed by atoms with Crippen molar-refractivity contribution in [1.29, 1.82) is 0 Å². The second kappa shape index (κ2) is 9.31. The molecule has 0 aliphatic rings. The Morgan fingerprint density at radius 3 is 3.00 bits per heavy atom. The molecule has 1 aromatic carbocycles. The Kier molecular flexibility index (Phi) is 6.33. The number of rotatable bonds is 8. The number of benzene rings is 1. The molecule has 0 atom stereocenters. The fourth-order valence-corrected chi connectivity index (χ4v) is 4.56. The van der Waals surface area contributed by atoms with E-state index in [1.807, 2.05) is 38.1 Å². The number of nitrogens with one attached hydrogen (secondary N) is 3. The number of thiophene rings is 1. The maximum Gasteiger partial charge on any atom is 0.287 e. The summed E-state index contributed by atoms with van der Waals surface area (Å²) in [6.07, 6.45) is 1.46. The Balaban J connectivity index is 1.34. The van der Waals surface area contributed by atoms with Crippen molar-refractivity contribution in [2.24, 2.45) is 0 Å². The van der Waals surface area contributed by atoms with Crippen LogP contribution >= 0.6 is 23.1 Å². The number of ether oxygens (including phenoxy) is 1. The van der Waals surface area contributed by atoms with Crippen molar-refractivity contribution < 1.29 is 9.53 Å². The van der Waals surface area contributed by atoms with Gasteiger partial charge in [-0.3, -0.25) is 14.7 Å². The van der Waals surface area contributed by atoms with Gasteiger partial charge in [-0.2, -0.15) is 5.10 Å². The van der Waals surface area contributed by atoms with Crippen LogP contribution in [0, 0.1) is 13.8 Å². The highest BCUT2D eigenvalue weighted by Gasteiger charge is 2.15. The van der Waals surface area contributed by atoms with Gasteiger partial charge in [0, 0.05) is 17.2 Å². The summed E-state index contributed by atoms with van der Waals surface area (Å²) in [4.78, 5) is 37.4. The predicted molar refractivity (Wildman–Crippen MR) is 120 cm³/mol. The topological polar surface area (TPSA) is 126 Å². The molecule has 0 saturated heterocycles. The highest BCUT2D eigenvalue weighted by Crippen LogP contribution is 2.25. The summed E-state index contributed by atoms with van der Waals surface area (Å²) < 4.78 is 5.76. The Morgan fingerprint density at radius 1 is 1.32 bits per heavy atom. The molecular weight excluding hydrogens is 436 g/mol. The fraction of sp³-hybridized carbons (Fsp3) is 0.250. The molecule has 0 aliphatic heterocycles. The lowest BCUT2D eigenvalue weighted by Crippen LogP contribution is -2.27. The van der Waals surface area contributed by atoms with E-state index in [0.29, 0.717) is 22.6 Å². The highest BCUT2D eigenvalue weighted by atomic mass is 32.2. The largest absolute Gasteiger partial charge is 0.493 e. The van der Waals surface area contributed by atoms with E-state index in [1.54, 1.807) is 0 Å². The molecule has 0 spiro atoms. The minimum Gasteiger partial charge on any atom is -0.493 e. The molecular formula is C20H20N6O3S2. The molecule has 4 aromatic rings. The number of H-pyrrole nitrogens is 2. The first kappa shape index (κ1) is 21.1. The van der Waals surface area contributed by atoms with Gasteiger partial charge in [0.1, 0.15) is 16.9 Å². The van der Waals surface area contributed by atoms with Gasteiger partial charge in [-0.1, -0.05) is 23.9 Å². The number of hydrogen-bond acceptors (Lipinski definition) is 8. The summed E-state index contributed by atoms with van der Waals surface area (Å²) in [5, 5.41) is 10.7. The molecule has 31 heavy (non-hydrogen) atoms. The average Bonchev–Trinajstić information content (AvgIpc) is 3.38. The van der Waals surface area contributed by atoms with E-state index in [-0.39, 0.29) is 17.9 Å². The monoisotopic (exact) mass is 456 g/mol. The van der Waals surface area contributed by atoms with Gasteiger partial charge < -0.3 is 15.0 Å². The van der Waals surface area contributed by atoms with Crippen molar-refractivity contribution in [3.63, 3.8) is 0 Å². The van der Waals surface area contributed by atoms with E-state index in [2.05, 4.69) is 30.5 Å². The number of aromatic nitrogens is 5. The summed E-state index contributed by atoms with van der Waals surface area (Å²) in [5.74, 6) is 1.01. The average molecular weight is 457 g/mol. The number of aryl methyl sites for hydroxylation is 2. The third-order valence-corrected chi connectivity index (χ3v) is 6.53. The molecule has 3 aromatic heterocycles. The summed E-state index contributed by atoms with van der Waals surface area (Å²) in [6.45, 7) is 4.61. The highest BCUT2D eigenvalue weighted by molar-refractivity contribution is 7.99. The Bertz CT molecular complexity index is 1270. The minimum absolute atomic E-state index is 0.00981. The number of thioether (sulfide) groups is 1. The molecule has 0 fully saturated rings. The Hall–Kier alpha value is -3.18. The third-order valence-electron chi connectivity index (χ3n) is 4.59. The van der Waals surface area contributed by atoms with Gasteiger partial charge in [0.25, 0.3) is 11.5 Å². The van der Waals surface area contributed by atoms with Crippen LogP contribution in [0.3, 0.4) is 0 Å².